The monoisotopic (exact) mass is 557 g/mol. The van der Waals surface area contributed by atoms with Gasteiger partial charge in [-0.1, -0.05) is 37.3 Å². The van der Waals surface area contributed by atoms with Crippen LogP contribution in [0.4, 0.5) is 4.39 Å². The Kier molecular flexibility index (Phi) is 9.52. The number of rotatable bonds is 11. The number of carbonyl (C=O) groups is 3. The van der Waals surface area contributed by atoms with Gasteiger partial charge in [0.25, 0.3) is 0 Å². The van der Waals surface area contributed by atoms with Crippen molar-refractivity contribution in [1.82, 2.24) is 4.98 Å². The maximum Gasteiger partial charge on any atom is 0.309 e. The van der Waals surface area contributed by atoms with Gasteiger partial charge in [0.1, 0.15) is 17.2 Å². The highest BCUT2D eigenvalue weighted by Crippen LogP contribution is 2.35. The molecule has 0 amide bonds. The van der Waals surface area contributed by atoms with E-state index in [1.54, 1.807) is 30.3 Å². The number of hydrogen-bond donors (Lipinski definition) is 0. The summed E-state index contributed by atoms with van der Waals surface area (Å²) in [5.41, 5.74) is 0.177. The second-order valence-electron chi connectivity index (χ2n) is 8.79. The summed E-state index contributed by atoms with van der Waals surface area (Å²) in [6.45, 7) is 4.05. The molecule has 9 nitrogen and oxygen atoms in total. The van der Waals surface area contributed by atoms with Crippen molar-refractivity contribution in [1.29, 1.82) is 0 Å². The molecule has 0 aliphatic rings. The molecule has 0 saturated carbocycles. The molecule has 1 heterocycles. The average molecular weight is 558 g/mol. The van der Waals surface area contributed by atoms with E-state index in [1.807, 2.05) is 0 Å². The fourth-order valence-corrected chi connectivity index (χ4v) is 5.85. The van der Waals surface area contributed by atoms with E-state index in [4.69, 9.17) is 14.2 Å². The van der Waals surface area contributed by atoms with Gasteiger partial charge in [-0.3, -0.25) is 14.4 Å². The summed E-state index contributed by atoms with van der Waals surface area (Å²) in [7, 11) is -2.78. The van der Waals surface area contributed by atoms with E-state index in [-0.39, 0.29) is 28.5 Å². The molecule has 0 unspecified atom stereocenters. The Labute approximate surface area is 225 Å². The van der Waals surface area contributed by atoms with Crippen LogP contribution in [-0.2, 0) is 24.2 Å². The molecule has 206 valence electrons. The van der Waals surface area contributed by atoms with Crippen molar-refractivity contribution in [2.45, 2.75) is 43.4 Å². The van der Waals surface area contributed by atoms with E-state index in [0.29, 0.717) is 5.56 Å². The van der Waals surface area contributed by atoms with Crippen molar-refractivity contribution in [3.05, 3.63) is 83.9 Å². The van der Waals surface area contributed by atoms with Gasteiger partial charge in [-0.2, -0.15) is 0 Å². The number of pyridine rings is 1. The van der Waals surface area contributed by atoms with Crippen LogP contribution >= 0.6 is 0 Å². The Hall–Kier alpha value is -4.12. The average Bonchev–Trinajstić information content (AvgIpc) is 2.89. The standard InChI is InChI=1S/C28H28FNO8S/c1-17(16-23(32)25-26(38-19(3)31)24(36-4)14-15-30-25)28(33)37-18(2)27(20-8-6-5-7-9-20)39(34,35)22-12-10-21(29)11-13-22/h5-15,17-18,27H,16H2,1-4H3/t17-,18+,27+/m1/s1. The van der Waals surface area contributed by atoms with E-state index in [2.05, 4.69) is 4.98 Å². The second kappa shape index (κ2) is 12.6. The molecular weight excluding hydrogens is 529 g/mol. The predicted octanol–water partition coefficient (Wildman–Crippen LogP) is 4.51. The number of sulfone groups is 1. The van der Waals surface area contributed by atoms with Gasteiger partial charge in [-0.05, 0) is 36.8 Å². The first-order chi connectivity index (χ1) is 18.4. The number of ether oxygens (including phenoxy) is 3. The van der Waals surface area contributed by atoms with Crippen LogP contribution in [0.15, 0.2) is 71.8 Å². The van der Waals surface area contributed by atoms with Crippen LogP contribution in [0.5, 0.6) is 11.5 Å². The number of halogens is 1. The Morgan fingerprint density at radius 2 is 1.62 bits per heavy atom. The van der Waals surface area contributed by atoms with Gasteiger partial charge in [0, 0.05) is 25.6 Å². The zero-order valence-corrected chi connectivity index (χ0v) is 22.6. The van der Waals surface area contributed by atoms with Crippen LogP contribution in [0.25, 0.3) is 0 Å². The molecule has 0 saturated heterocycles. The molecule has 0 bridgehead atoms. The highest BCUT2D eigenvalue weighted by molar-refractivity contribution is 7.91. The molecule has 2 aromatic carbocycles. The SMILES string of the molecule is COc1ccnc(C(=O)C[C@@H](C)C(=O)O[C@@H](C)[C@@H](c2ccccc2)S(=O)(=O)c2ccc(F)cc2)c1OC(C)=O. The quantitative estimate of drug-likeness (QED) is 0.190. The number of hydrogen-bond acceptors (Lipinski definition) is 9. The predicted molar refractivity (Wildman–Crippen MR) is 139 cm³/mol. The van der Waals surface area contributed by atoms with Crippen molar-refractivity contribution >= 4 is 27.6 Å². The van der Waals surface area contributed by atoms with Gasteiger partial charge in [0.2, 0.25) is 5.75 Å². The lowest BCUT2D eigenvalue weighted by atomic mass is 10.0. The molecule has 3 atom stereocenters. The zero-order chi connectivity index (χ0) is 28.7. The molecule has 11 heteroatoms. The summed E-state index contributed by atoms with van der Waals surface area (Å²) >= 11 is 0. The third kappa shape index (κ3) is 7.05. The Morgan fingerprint density at radius 3 is 2.21 bits per heavy atom. The van der Waals surface area contributed by atoms with Crippen LogP contribution in [-0.4, -0.2) is 44.3 Å². The minimum Gasteiger partial charge on any atom is -0.493 e. The lowest BCUT2D eigenvalue weighted by Crippen LogP contribution is -2.31. The van der Waals surface area contributed by atoms with Gasteiger partial charge in [0.05, 0.1) is 17.9 Å². The summed E-state index contributed by atoms with van der Waals surface area (Å²) in [5, 5.41) is -1.30. The molecule has 39 heavy (non-hydrogen) atoms. The topological polar surface area (TPSA) is 126 Å². The van der Waals surface area contributed by atoms with Crippen LogP contribution < -0.4 is 9.47 Å². The highest BCUT2D eigenvalue weighted by Gasteiger charge is 2.37. The van der Waals surface area contributed by atoms with E-state index in [1.165, 1.54) is 33.2 Å². The molecule has 0 spiro atoms. The number of esters is 2. The van der Waals surface area contributed by atoms with Crippen molar-refractivity contribution in [2.75, 3.05) is 7.11 Å². The molecule has 3 aromatic rings. The van der Waals surface area contributed by atoms with Crippen molar-refractivity contribution in [2.24, 2.45) is 5.92 Å². The van der Waals surface area contributed by atoms with Crippen LogP contribution in [0.1, 0.15) is 48.5 Å². The summed E-state index contributed by atoms with van der Waals surface area (Å²) in [4.78, 5) is 41.4. The first-order valence-corrected chi connectivity index (χ1v) is 13.5. The molecular formula is C28H28FNO8S. The number of Topliss-reactive ketones (excluding diaryl/α,β-unsaturated/α-hetero) is 1. The van der Waals surface area contributed by atoms with Gasteiger partial charge in [-0.15, -0.1) is 0 Å². The third-order valence-corrected chi connectivity index (χ3v) is 8.08. The van der Waals surface area contributed by atoms with Gasteiger partial charge >= 0.3 is 11.9 Å². The van der Waals surface area contributed by atoms with Crippen LogP contribution in [0.2, 0.25) is 0 Å². The maximum atomic E-state index is 13.6. The number of carbonyl (C=O) groups excluding carboxylic acids is 3. The molecule has 1 aromatic heterocycles. The van der Waals surface area contributed by atoms with Crippen molar-refractivity contribution in [3.63, 3.8) is 0 Å². The largest absolute Gasteiger partial charge is 0.493 e. The van der Waals surface area contributed by atoms with Gasteiger partial charge in [-0.25, -0.2) is 17.8 Å². The summed E-state index contributed by atoms with van der Waals surface area (Å²) in [6.07, 6.45) is -0.227. The van der Waals surface area contributed by atoms with Crippen molar-refractivity contribution < 1.29 is 41.4 Å². The summed E-state index contributed by atoms with van der Waals surface area (Å²) in [5.74, 6) is -3.76. The molecule has 0 fully saturated rings. The number of benzene rings is 2. The lowest BCUT2D eigenvalue weighted by molar-refractivity contribution is -0.152. The molecule has 0 aliphatic heterocycles. The number of methoxy groups -OCH3 is 1. The lowest BCUT2D eigenvalue weighted by Gasteiger charge is -2.26. The smallest absolute Gasteiger partial charge is 0.309 e. The normalized spacial score (nSPS) is 13.6. The zero-order valence-electron chi connectivity index (χ0n) is 21.8. The third-order valence-electron chi connectivity index (χ3n) is 5.83. The van der Waals surface area contributed by atoms with Crippen molar-refractivity contribution in [3.8, 4) is 11.5 Å². The first kappa shape index (κ1) is 29.4. The van der Waals surface area contributed by atoms with Gasteiger partial charge in [0.15, 0.2) is 27.1 Å². The fraction of sp³-hybridized carbons (Fsp3) is 0.286. The van der Waals surface area contributed by atoms with Gasteiger partial charge < -0.3 is 14.2 Å². The molecule has 0 radical (unpaired) electrons. The van der Waals surface area contributed by atoms with E-state index < -0.39 is 50.6 Å². The first-order valence-electron chi connectivity index (χ1n) is 11.9. The highest BCUT2D eigenvalue weighted by atomic mass is 32.2. The number of ketones is 1. The van der Waals surface area contributed by atoms with Crippen LogP contribution in [0, 0.1) is 11.7 Å². The second-order valence-corrected chi connectivity index (χ2v) is 10.9. The van der Waals surface area contributed by atoms with E-state index >= 15 is 0 Å². The molecule has 3 rings (SSSR count). The maximum absolute atomic E-state index is 13.6. The Morgan fingerprint density at radius 1 is 0.974 bits per heavy atom. The Bertz CT molecular complexity index is 1440. The Balaban J connectivity index is 1.83. The minimum atomic E-state index is -4.12. The minimum absolute atomic E-state index is 0.115. The summed E-state index contributed by atoms with van der Waals surface area (Å²) < 4.78 is 56.4. The molecule has 0 N–H and O–H groups in total. The van der Waals surface area contributed by atoms with Crippen LogP contribution in [0.3, 0.4) is 0 Å². The van der Waals surface area contributed by atoms with E-state index in [0.717, 1.165) is 31.2 Å². The summed E-state index contributed by atoms with van der Waals surface area (Å²) in [6, 6.07) is 14.0. The number of nitrogens with zero attached hydrogens (tertiary/aromatic N) is 1. The fourth-order valence-electron chi connectivity index (χ4n) is 3.97. The van der Waals surface area contributed by atoms with E-state index in [9.17, 15) is 27.2 Å². The number of aromatic nitrogens is 1. The molecule has 0 aliphatic carbocycles.